The topological polar surface area (TPSA) is 87.7 Å². The summed E-state index contributed by atoms with van der Waals surface area (Å²) in [5, 5.41) is 14.2. The molecule has 0 rings (SSSR count). The van der Waals surface area contributed by atoms with Gasteiger partial charge in [-0.05, 0) is 18.8 Å². The minimum atomic E-state index is -0.523. The van der Waals surface area contributed by atoms with E-state index in [1.807, 2.05) is 6.92 Å². The normalized spacial score (nSPS) is 13.8. The van der Waals surface area contributed by atoms with E-state index in [9.17, 15) is 4.79 Å². The molecule has 4 N–H and O–H groups in total. The van der Waals surface area contributed by atoms with Gasteiger partial charge in [0.15, 0.2) is 5.84 Å². The molecule has 0 aliphatic heterocycles. The molecule has 0 spiro atoms. The van der Waals surface area contributed by atoms with Gasteiger partial charge in [0.05, 0.1) is 5.92 Å². The van der Waals surface area contributed by atoms with Gasteiger partial charge in [0.1, 0.15) is 0 Å². The number of hydrogen-bond donors (Lipinski definition) is 3. The van der Waals surface area contributed by atoms with Crippen molar-refractivity contribution in [3.63, 3.8) is 0 Å². The van der Waals surface area contributed by atoms with Crippen LogP contribution in [0.4, 0.5) is 0 Å². The van der Waals surface area contributed by atoms with Crippen LogP contribution in [0, 0.1) is 11.8 Å². The SMILES string of the molecule is CCC(C(=O)NCCCCC(C)C)C(N)=NO. The monoisotopic (exact) mass is 243 g/mol. The molecular formula is C12H25N3O2. The molecule has 5 heteroatoms. The summed E-state index contributed by atoms with van der Waals surface area (Å²) in [5.74, 6) is -0.00381. The third kappa shape index (κ3) is 6.81. The lowest BCUT2D eigenvalue weighted by atomic mass is 10.0. The molecule has 0 heterocycles. The van der Waals surface area contributed by atoms with Crippen LogP contribution in [0.25, 0.3) is 0 Å². The van der Waals surface area contributed by atoms with E-state index in [0.717, 1.165) is 12.8 Å². The van der Waals surface area contributed by atoms with E-state index < -0.39 is 5.92 Å². The molecule has 0 saturated heterocycles. The molecule has 0 radical (unpaired) electrons. The Morgan fingerprint density at radius 1 is 1.41 bits per heavy atom. The second-order valence-electron chi connectivity index (χ2n) is 4.67. The summed E-state index contributed by atoms with van der Waals surface area (Å²) < 4.78 is 0. The molecule has 1 atom stereocenters. The maximum atomic E-state index is 11.7. The molecule has 0 aliphatic rings. The van der Waals surface area contributed by atoms with E-state index in [2.05, 4.69) is 24.3 Å². The van der Waals surface area contributed by atoms with Crippen molar-refractivity contribution in [2.24, 2.45) is 22.7 Å². The molecule has 0 aromatic heterocycles. The standard InChI is InChI=1S/C12H25N3O2/c1-4-10(11(13)15-17)12(16)14-8-6-5-7-9(2)3/h9-10,17H,4-8H2,1-3H3,(H2,13,15)(H,14,16). The first-order chi connectivity index (χ1) is 8.02. The van der Waals surface area contributed by atoms with Gasteiger partial charge in [-0.25, -0.2) is 0 Å². The minimum Gasteiger partial charge on any atom is -0.409 e. The number of nitrogens with one attached hydrogen (secondary N) is 1. The predicted octanol–water partition coefficient (Wildman–Crippen LogP) is 1.70. The molecule has 0 aromatic rings. The van der Waals surface area contributed by atoms with Crippen LogP contribution in [-0.4, -0.2) is 23.5 Å². The van der Waals surface area contributed by atoms with Gasteiger partial charge < -0.3 is 16.3 Å². The van der Waals surface area contributed by atoms with Gasteiger partial charge in [-0.3, -0.25) is 4.79 Å². The zero-order chi connectivity index (χ0) is 13.3. The van der Waals surface area contributed by atoms with E-state index in [1.165, 1.54) is 6.42 Å². The summed E-state index contributed by atoms with van der Waals surface area (Å²) in [7, 11) is 0. The van der Waals surface area contributed by atoms with Gasteiger partial charge in [0.25, 0.3) is 0 Å². The molecule has 0 fully saturated rings. The van der Waals surface area contributed by atoms with E-state index in [4.69, 9.17) is 10.9 Å². The van der Waals surface area contributed by atoms with Crippen molar-refractivity contribution in [3.05, 3.63) is 0 Å². The maximum absolute atomic E-state index is 11.7. The van der Waals surface area contributed by atoms with E-state index in [1.54, 1.807) is 0 Å². The van der Waals surface area contributed by atoms with Gasteiger partial charge in [-0.15, -0.1) is 0 Å². The fraction of sp³-hybridized carbons (Fsp3) is 0.833. The third-order valence-corrected chi connectivity index (χ3v) is 2.70. The van der Waals surface area contributed by atoms with Crippen molar-refractivity contribution in [3.8, 4) is 0 Å². The molecule has 17 heavy (non-hydrogen) atoms. The first-order valence-corrected chi connectivity index (χ1v) is 6.28. The lowest BCUT2D eigenvalue weighted by Crippen LogP contribution is -2.39. The quantitative estimate of drug-likeness (QED) is 0.199. The smallest absolute Gasteiger partial charge is 0.230 e. The molecule has 5 nitrogen and oxygen atoms in total. The highest BCUT2D eigenvalue weighted by molar-refractivity contribution is 6.01. The summed E-state index contributed by atoms with van der Waals surface area (Å²) in [6, 6.07) is 0. The number of hydrogen-bond acceptors (Lipinski definition) is 3. The number of amides is 1. The molecule has 1 unspecified atom stereocenters. The van der Waals surface area contributed by atoms with Crippen molar-refractivity contribution in [2.45, 2.75) is 46.5 Å². The van der Waals surface area contributed by atoms with Crippen LogP contribution in [0.3, 0.4) is 0 Å². The van der Waals surface area contributed by atoms with Crippen LogP contribution in [0.15, 0.2) is 5.16 Å². The number of unbranched alkanes of at least 4 members (excludes halogenated alkanes) is 1. The van der Waals surface area contributed by atoms with Gasteiger partial charge >= 0.3 is 0 Å². The Morgan fingerprint density at radius 2 is 2.06 bits per heavy atom. The van der Waals surface area contributed by atoms with Crippen LogP contribution in [0.2, 0.25) is 0 Å². The van der Waals surface area contributed by atoms with Crippen molar-refractivity contribution in [1.82, 2.24) is 5.32 Å². The number of nitrogens with zero attached hydrogens (tertiary/aromatic N) is 1. The summed E-state index contributed by atoms with van der Waals surface area (Å²) in [6.07, 6.45) is 3.79. The largest absolute Gasteiger partial charge is 0.409 e. The molecule has 0 saturated carbocycles. The van der Waals surface area contributed by atoms with Crippen molar-refractivity contribution >= 4 is 11.7 Å². The lowest BCUT2D eigenvalue weighted by Gasteiger charge is -2.13. The number of carbonyl (C=O) groups is 1. The number of nitrogens with two attached hydrogens (primary N) is 1. The Balaban J connectivity index is 3.84. The molecule has 0 aliphatic carbocycles. The number of carbonyl (C=O) groups excluding carboxylic acids is 1. The molecule has 1 amide bonds. The summed E-state index contributed by atoms with van der Waals surface area (Å²) in [4.78, 5) is 11.7. The zero-order valence-electron chi connectivity index (χ0n) is 11.1. The molecule has 0 aromatic carbocycles. The molecular weight excluding hydrogens is 218 g/mol. The Kier molecular flexibility index (Phi) is 8.19. The number of oxime groups is 1. The highest BCUT2D eigenvalue weighted by Crippen LogP contribution is 2.06. The average molecular weight is 243 g/mol. The van der Waals surface area contributed by atoms with E-state index in [0.29, 0.717) is 18.9 Å². The van der Waals surface area contributed by atoms with E-state index >= 15 is 0 Å². The van der Waals surface area contributed by atoms with E-state index in [-0.39, 0.29) is 11.7 Å². The van der Waals surface area contributed by atoms with Gasteiger partial charge in [-0.1, -0.05) is 38.8 Å². The average Bonchev–Trinajstić information content (AvgIpc) is 2.28. The van der Waals surface area contributed by atoms with Crippen LogP contribution in [0.5, 0.6) is 0 Å². The molecule has 0 bridgehead atoms. The Hall–Kier alpha value is -1.26. The number of amidine groups is 1. The fourth-order valence-electron chi connectivity index (χ4n) is 1.61. The van der Waals surface area contributed by atoms with Crippen LogP contribution in [0.1, 0.15) is 46.5 Å². The first-order valence-electron chi connectivity index (χ1n) is 6.28. The van der Waals surface area contributed by atoms with Gasteiger partial charge in [-0.2, -0.15) is 0 Å². The first kappa shape index (κ1) is 15.7. The van der Waals surface area contributed by atoms with Gasteiger partial charge in [0, 0.05) is 6.54 Å². The third-order valence-electron chi connectivity index (χ3n) is 2.70. The van der Waals surface area contributed by atoms with Crippen LogP contribution >= 0.6 is 0 Å². The van der Waals surface area contributed by atoms with Crippen LogP contribution in [-0.2, 0) is 4.79 Å². The van der Waals surface area contributed by atoms with Crippen molar-refractivity contribution < 1.29 is 10.0 Å². The zero-order valence-corrected chi connectivity index (χ0v) is 11.1. The van der Waals surface area contributed by atoms with Gasteiger partial charge in [0.2, 0.25) is 5.91 Å². The van der Waals surface area contributed by atoms with Crippen LogP contribution < -0.4 is 11.1 Å². The Labute approximate surface area is 103 Å². The highest BCUT2D eigenvalue weighted by atomic mass is 16.4. The maximum Gasteiger partial charge on any atom is 0.230 e. The summed E-state index contributed by atoms with van der Waals surface area (Å²) >= 11 is 0. The lowest BCUT2D eigenvalue weighted by molar-refractivity contribution is -0.123. The second kappa shape index (κ2) is 8.84. The molecule has 100 valence electrons. The minimum absolute atomic E-state index is 0.0211. The van der Waals surface area contributed by atoms with Crippen molar-refractivity contribution in [2.75, 3.05) is 6.54 Å². The van der Waals surface area contributed by atoms with Crippen molar-refractivity contribution in [1.29, 1.82) is 0 Å². The number of rotatable bonds is 8. The fourth-order valence-corrected chi connectivity index (χ4v) is 1.61. The predicted molar refractivity (Wildman–Crippen MR) is 68.9 cm³/mol. The summed E-state index contributed by atoms with van der Waals surface area (Å²) in [5.41, 5.74) is 5.44. The Bertz CT molecular complexity index is 252. The second-order valence-corrected chi connectivity index (χ2v) is 4.67. The highest BCUT2D eigenvalue weighted by Gasteiger charge is 2.20. The summed E-state index contributed by atoms with van der Waals surface area (Å²) in [6.45, 7) is 6.86. The Morgan fingerprint density at radius 3 is 2.53 bits per heavy atom.